The minimum atomic E-state index is 0.358. The van der Waals surface area contributed by atoms with Gasteiger partial charge in [-0.3, -0.25) is 4.99 Å². The van der Waals surface area contributed by atoms with E-state index in [1.54, 1.807) is 0 Å². The summed E-state index contributed by atoms with van der Waals surface area (Å²) in [6.07, 6.45) is 14.2. The number of nitrogens with one attached hydrogen (secondary N) is 1. The summed E-state index contributed by atoms with van der Waals surface area (Å²) in [5.74, 6) is 0. The predicted molar refractivity (Wildman–Crippen MR) is 148 cm³/mol. The first-order valence-corrected chi connectivity index (χ1v) is 13.2. The molecule has 7 rings (SSSR count). The van der Waals surface area contributed by atoms with Crippen LogP contribution in [0.25, 0.3) is 22.2 Å². The van der Waals surface area contributed by atoms with Crippen molar-refractivity contribution in [2.45, 2.75) is 43.8 Å². The highest BCUT2D eigenvalue weighted by atomic mass is 16.5. The predicted octanol–water partition coefficient (Wildman–Crippen LogP) is 5.18. The van der Waals surface area contributed by atoms with Crippen LogP contribution in [-0.4, -0.2) is 53.5 Å². The lowest BCUT2D eigenvalue weighted by Gasteiger charge is -2.50. The summed E-state index contributed by atoms with van der Waals surface area (Å²) in [5.41, 5.74) is 5.30. The highest BCUT2D eigenvalue weighted by Gasteiger charge is 2.49. The number of quaternary nitrogens is 1. The highest BCUT2D eigenvalue weighted by Crippen LogP contribution is 2.40. The monoisotopic (exact) mass is 491 g/mol. The molecular formula is C30H31N6O+. The smallest absolute Gasteiger partial charge is 0.225 e. The van der Waals surface area contributed by atoms with Crippen molar-refractivity contribution < 1.29 is 9.33 Å². The molecule has 2 fully saturated rings. The maximum Gasteiger partial charge on any atom is 0.225 e. The normalized spacial score (nSPS) is 26.6. The summed E-state index contributed by atoms with van der Waals surface area (Å²) in [5, 5.41) is 7.51. The fourth-order valence-electron chi connectivity index (χ4n) is 5.94. The summed E-state index contributed by atoms with van der Waals surface area (Å²) in [6.45, 7) is 1.73. The van der Waals surface area contributed by atoms with Gasteiger partial charge in [0.05, 0.1) is 41.6 Å². The third-order valence-corrected chi connectivity index (χ3v) is 7.97. The minimum Gasteiger partial charge on any atom is -0.381 e. The number of aromatic nitrogens is 1. The summed E-state index contributed by atoms with van der Waals surface area (Å²) in [6, 6.07) is 22.7. The zero-order valence-electron chi connectivity index (χ0n) is 20.8. The Morgan fingerprint density at radius 3 is 2.62 bits per heavy atom. The van der Waals surface area contributed by atoms with E-state index in [9.17, 15) is 0 Å². The molecule has 0 bridgehead atoms. The van der Waals surface area contributed by atoms with E-state index in [0.29, 0.717) is 22.7 Å². The Hall–Kier alpha value is -3.65. The Balaban J connectivity index is 1.23. The van der Waals surface area contributed by atoms with Gasteiger partial charge in [-0.1, -0.05) is 42.5 Å². The number of benzene rings is 2. The second kappa shape index (κ2) is 9.34. The van der Waals surface area contributed by atoms with Crippen LogP contribution in [-0.2, 0) is 4.74 Å². The van der Waals surface area contributed by atoms with Gasteiger partial charge in [0, 0.05) is 36.2 Å². The summed E-state index contributed by atoms with van der Waals surface area (Å²) in [7, 11) is 0. The Morgan fingerprint density at radius 2 is 1.76 bits per heavy atom. The van der Waals surface area contributed by atoms with Crippen LogP contribution in [0.5, 0.6) is 0 Å². The fraction of sp³-hybridized carbons (Fsp3) is 0.300. The fourth-order valence-corrected chi connectivity index (χ4v) is 5.94. The number of hydrogen-bond donors (Lipinski definition) is 1. The SMILES string of the molecule is C1=C[N+]2(N(c3ccc4ccc(-c5ccccc5)nc4c3)C3CC(NC4CCOCC4)C3)C=NC=C2C=N1. The van der Waals surface area contributed by atoms with Gasteiger partial charge in [-0.15, -0.1) is 4.59 Å². The topological polar surface area (TPSA) is 62.1 Å². The van der Waals surface area contributed by atoms with Crippen LogP contribution in [0.4, 0.5) is 5.69 Å². The zero-order chi connectivity index (χ0) is 24.7. The Labute approximate surface area is 217 Å². The summed E-state index contributed by atoms with van der Waals surface area (Å²) in [4.78, 5) is 14.0. The molecule has 0 spiro atoms. The first kappa shape index (κ1) is 22.5. The van der Waals surface area contributed by atoms with Gasteiger partial charge in [0.2, 0.25) is 12.0 Å². The quantitative estimate of drug-likeness (QED) is 0.483. The molecule has 1 atom stereocenters. The molecule has 0 amide bonds. The molecule has 37 heavy (non-hydrogen) atoms. The third kappa shape index (κ3) is 4.09. The van der Waals surface area contributed by atoms with Crippen molar-refractivity contribution in [3.05, 3.63) is 85.0 Å². The van der Waals surface area contributed by atoms with Gasteiger partial charge in [0.15, 0.2) is 6.20 Å². The maximum absolute atomic E-state index is 5.55. The molecule has 2 aromatic carbocycles. The van der Waals surface area contributed by atoms with Crippen molar-refractivity contribution >= 4 is 29.1 Å². The van der Waals surface area contributed by atoms with Gasteiger partial charge in [0.25, 0.3) is 0 Å². The van der Waals surface area contributed by atoms with Crippen LogP contribution in [0.3, 0.4) is 0 Å². The number of allylic oxidation sites excluding steroid dienone is 1. The lowest BCUT2D eigenvalue weighted by Crippen LogP contribution is -2.65. The van der Waals surface area contributed by atoms with Crippen LogP contribution in [0, 0.1) is 0 Å². The van der Waals surface area contributed by atoms with Crippen LogP contribution in [0.15, 0.2) is 94.9 Å². The van der Waals surface area contributed by atoms with E-state index in [0.717, 1.165) is 72.4 Å². The molecule has 3 aromatic rings. The average molecular weight is 492 g/mol. The van der Waals surface area contributed by atoms with E-state index < -0.39 is 0 Å². The van der Waals surface area contributed by atoms with E-state index in [4.69, 9.17) is 9.72 Å². The van der Waals surface area contributed by atoms with Crippen LogP contribution in [0.2, 0.25) is 0 Å². The lowest BCUT2D eigenvalue weighted by atomic mass is 9.84. The Morgan fingerprint density at radius 1 is 0.919 bits per heavy atom. The second-order valence-electron chi connectivity index (χ2n) is 10.3. The number of fused-ring (bicyclic) bond motifs is 2. The number of aliphatic imine (C=N–C) groups is 2. The largest absolute Gasteiger partial charge is 0.381 e. The summed E-state index contributed by atoms with van der Waals surface area (Å²) >= 11 is 0. The molecular weight excluding hydrogens is 460 g/mol. The van der Waals surface area contributed by atoms with Crippen LogP contribution < -0.4 is 10.3 Å². The molecule has 1 aromatic heterocycles. The number of pyridine rings is 1. The second-order valence-corrected chi connectivity index (χ2v) is 10.3. The van der Waals surface area contributed by atoms with E-state index in [1.165, 1.54) is 0 Å². The standard InChI is InChI=1S/C30H31N6O/c1-2-4-22(5-3-1)29-9-7-23-6-8-26(18-30(23)34-29)35(36-13-12-31-19-28(36)20-32-21-36)27-16-25(17-27)33-24-10-14-37-15-11-24/h1-9,12-13,18-21,24-25,27,33H,10-11,14-17H2/q+1. The van der Waals surface area contributed by atoms with Crippen molar-refractivity contribution in [1.82, 2.24) is 10.3 Å². The summed E-state index contributed by atoms with van der Waals surface area (Å²) < 4.78 is 5.98. The molecule has 186 valence electrons. The van der Waals surface area contributed by atoms with Gasteiger partial charge >= 0.3 is 0 Å². The van der Waals surface area contributed by atoms with E-state index in [2.05, 4.69) is 81.1 Å². The number of anilines is 1. The number of rotatable bonds is 6. The molecule has 4 heterocycles. The molecule has 4 aliphatic rings. The zero-order valence-corrected chi connectivity index (χ0v) is 20.8. The van der Waals surface area contributed by atoms with Crippen molar-refractivity contribution in [2.24, 2.45) is 9.98 Å². The molecule has 7 nitrogen and oxygen atoms in total. The van der Waals surface area contributed by atoms with Gasteiger partial charge in [-0.25, -0.2) is 15.0 Å². The lowest BCUT2D eigenvalue weighted by molar-refractivity contribution is -0.746. The average Bonchev–Trinajstić information content (AvgIpc) is 3.37. The van der Waals surface area contributed by atoms with E-state index in [1.807, 2.05) is 31.0 Å². The van der Waals surface area contributed by atoms with Gasteiger partial charge in [0.1, 0.15) is 0 Å². The minimum absolute atomic E-state index is 0.358. The first-order valence-electron chi connectivity index (χ1n) is 13.2. The maximum atomic E-state index is 5.55. The highest BCUT2D eigenvalue weighted by molar-refractivity contribution is 5.86. The van der Waals surface area contributed by atoms with Crippen molar-refractivity contribution in [2.75, 3.05) is 18.2 Å². The van der Waals surface area contributed by atoms with Crippen molar-refractivity contribution in [3.8, 4) is 11.3 Å². The Kier molecular flexibility index (Phi) is 5.69. The molecule has 7 heteroatoms. The van der Waals surface area contributed by atoms with E-state index >= 15 is 0 Å². The molecule has 3 aliphatic heterocycles. The van der Waals surface area contributed by atoms with Crippen LogP contribution >= 0.6 is 0 Å². The molecule has 1 unspecified atom stereocenters. The van der Waals surface area contributed by atoms with Crippen LogP contribution in [0.1, 0.15) is 25.7 Å². The van der Waals surface area contributed by atoms with Crippen molar-refractivity contribution in [1.29, 1.82) is 0 Å². The molecule has 1 saturated heterocycles. The van der Waals surface area contributed by atoms with Gasteiger partial charge in [-0.2, -0.15) is 0 Å². The number of hydrogen-bond acceptors (Lipinski definition) is 6. The molecule has 1 aliphatic carbocycles. The van der Waals surface area contributed by atoms with Gasteiger partial charge < -0.3 is 10.1 Å². The third-order valence-electron chi connectivity index (χ3n) is 7.97. The molecule has 1 N–H and O–H groups in total. The number of ether oxygens (including phenoxy) is 1. The number of nitrogens with zero attached hydrogens (tertiary/aromatic N) is 5. The van der Waals surface area contributed by atoms with Crippen molar-refractivity contribution in [3.63, 3.8) is 0 Å². The molecule has 0 radical (unpaired) electrons. The molecule has 1 saturated carbocycles. The van der Waals surface area contributed by atoms with E-state index in [-0.39, 0.29) is 0 Å². The van der Waals surface area contributed by atoms with Gasteiger partial charge in [-0.05, 0) is 43.9 Å². The Bertz CT molecular complexity index is 1420. The first-order chi connectivity index (χ1) is 18.3.